The number of benzene rings is 1. The third-order valence-electron chi connectivity index (χ3n) is 2.10. The van der Waals surface area contributed by atoms with Crippen LogP contribution in [0.3, 0.4) is 0 Å². The van der Waals surface area contributed by atoms with E-state index in [4.69, 9.17) is 4.74 Å². The lowest BCUT2D eigenvalue weighted by atomic mass is 10.1. The van der Waals surface area contributed by atoms with E-state index in [1.807, 2.05) is 24.3 Å². The summed E-state index contributed by atoms with van der Waals surface area (Å²) in [6.07, 6.45) is -0.561. The van der Waals surface area contributed by atoms with E-state index in [0.29, 0.717) is 0 Å². The summed E-state index contributed by atoms with van der Waals surface area (Å²) in [5, 5.41) is 0. The first-order valence-corrected chi connectivity index (χ1v) is 5.00. The van der Waals surface area contributed by atoms with E-state index in [2.05, 4.69) is 20.7 Å². The molecule has 1 aromatic carbocycles. The second kappa shape index (κ2) is 3.71. The maximum absolute atomic E-state index is 11.1. The molecule has 2 atom stereocenters. The minimum absolute atomic E-state index is 0.139. The van der Waals surface area contributed by atoms with E-state index < -0.39 is 6.10 Å². The molecule has 0 unspecified atom stereocenters. The molecule has 0 aromatic heterocycles. The third kappa shape index (κ3) is 1.81. The van der Waals surface area contributed by atoms with Crippen molar-refractivity contribution in [3.05, 3.63) is 34.3 Å². The van der Waals surface area contributed by atoms with Crippen molar-refractivity contribution in [2.75, 3.05) is 7.11 Å². The number of carbonyl (C=O) groups excluding carboxylic acids is 1. The van der Waals surface area contributed by atoms with Gasteiger partial charge in [-0.05, 0) is 17.7 Å². The zero-order valence-electron chi connectivity index (χ0n) is 7.57. The van der Waals surface area contributed by atoms with Gasteiger partial charge in [-0.3, -0.25) is 0 Å². The molecule has 2 rings (SSSR count). The molecule has 0 radical (unpaired) electrons. The van der Waals surface area contributed by atoms with E-state index in [0.717, 1.165) is 10.0 Å². The summed E-state index contributed by atoms with van der Waals surface area (Å²) in [4.78, 5) is 11.1. The standard InChI is InChI=1S/C10H9BrO3/c1-13-10(12)9-8(14-9)6-3-2-4-7(11)5-6/h2-5,8-9H,1H3/t8-,9-/m1/s1. The molecule has 4 heteroatoms. The highest BCUT2D eigenvalue weighted by Crippen LogP contribution is 2.39. The van der Waals surface area contributed by atoms with Gasteiger partial charge >= 0.3 is 5.97 Å². The fourth-order valence-electron chi connectivity index (χ4n) is 1.34. The molecule has 1 aromatic rings. The maximum atomic E-state index is 11.1. The fourth-order valence-corrected chi connectivity index (χ4v) is 1.76. The molecule has 14 heavy (non-hydrogen) atoms. The van der Waals surface area contributed by atoms with E-state index in [-0.39, 0.29) is 12.1 Å². The Morgan fingerprint density at radius 1 is 1.57 bits per heavy atom. The molecule has 3 nitrogen and oxygen atoms in total. The average molecular weight is 257 g/mol. The van der Waals surface area contributed by atoms with Gasteiger partial charge in [0, 0.05) is 4.47 Å². The number of halogens is 1. The predicted octanol–water partition coefficient (Wildman–Crippen LogP) is 2.06. The minimum atomic E-state index is -0.422. The van der Waals surface area contributed by atoms with Crippen LogP contribution in [0.1, 0.15) is 11.7 Å². The van der Waals surface area contributed by atoms with Crippen LogP contribution >= 0.6 is 15.9 Å². The molecule has 0 N–H and O–H groups in total. The highest BCUT2D eigenvalue weighted by molar-refractivity contribution is 9.10. The van der Waals surface area contributed by atoms with Crippen LogP contribution in [0.2, 0.25) is 0 Å². The highest BCUT2D eigenvalue weighted by atomic mass is 79.9. The van der Waals surface area contributed by atoms with Gasteiger partial charge < -0.3 is 9.47 Å². The Kier molecular flexibility index (Phi) is 2.56. The van der Waals surface area contributed by atoms with E-state index in [1.165, 1.54) is 7.11 Å². The van der Waals surface area contributed by atoms with Crippen molar-refractivity contribution in [2.45, 2.75) is 12.2 Å². The van der Waals surface area contributed by atoms with Crippen molar-refractivity contribution in [3.8, 4) is 0 Å². The van der Waals surface area contributed by atoms with Gasteiger partial charge in [0.05, 0.1) is 7.11 Å². The van der Waals surface area contributed by atoms with Gasteiger partial charge in [-0.1, -0.05) is 28.1 Å². The largest absolute Gasteiger partial charge is 0.467 e. The quantitative estimate of drug-likeness (QED) is 0.601. The van der Waals surface area contributed by atoms with Crippen LogP contribution in [0.5, 0.6) is 0 Å². The van der Waals surface area contributed by atoms with Crippen molar-refractivity contribution in [3.63, 3.8) is 0 Å². The SMILES string of the molecule is COC(=O)[C@@H]1O[C@@H]1c1cccc(Br)c1. The first-order chi connectivity index (χ1) is 6.72. The second-order valence-corrected chi connectivity index (χ2v) is 3.97. The zero-order valence-corrected chi connectivity index (χ0v) is 9.15. The summed E-state index contributed by atoms with van der Waals surface area (Å²) in [5.41, 5.74) is 0.995. The fraction of sp³-hybridized carbons (Fsp3) is 0.300. The van der Waals surface area contributed by atoms with Crippen molar-refractivity contribution < 1.29 is 14.3 Å². The van der Waals surface area contributed by atoms with Crippen LogP contribution in [0.4, 0.5) is 0 Å². The molecule has 0 bridgehead atoms. The topological polar surface area (TPSA) is 38.8 Å². The van der Waals surface area contributed by atoms with Crippen molar-refractivity contribution in [2.24, 2.45) is 0 Å². The predicted molar refractivity (Wildman–Crippen MR) is 53.8 cm³/mol. The Bertz CT molecular complexity index is 364. The summed E-state index contributed by atoms with van der Waals surface area (Å²) in [6.45, 7) is 0. The molecular weight excluding hydrogens is 248 g/mol. The molecule has 74 valence electrons. The molecule has 0 aliphatic carbocycles. The van der Waals surface area contributed by atoms with E-state index >= 15 is 0 Å². The van der Waals surface area contributed by atoms with Gasteiger partial charge in [-0.25, -0.2) is 4.79 Å². The second-order valence-electron chi connectivity index (χ2n) is 3.06. The first kappa shape index (κ1) is 9.68. The molecule has 1 aliphatic heterocycles. The molecular formula is C10H9BrO3. The van der Waals surface area contributed by atoms with E-state index in [1.54, 1.807) is 0 Å². The van der Waals surface area contributed by atoms with Crippen LogP contribution in [-0.2, 0) is 14.3 Å². The number of esters is 1. The Balaban J connectivity index is 2.09. The Morgan fingerprint density at radius 3 is 3.00 bits per heavy atom. The normalized spacial score (nSPS) is 24.4. The molecule has 1 saturated heterocycles. The third-order valence-corrected chi connectivity index (χ3v) is 2.60. The van der Waals surface area contributed by atoms with Crippen LogP contribution in [0.25, 0.3) is 0 Å². The monoisotopic (exact) mass is 256 g/mol. The van der Waals surface area contributed by atoms with Gasteiger partial charge in [-0.2, -0.15) is 0 Å². The summed E-state index contributed by atoms with van der Waals surface area (Å²) >= 11 is 3.36. The molecule has 0 saturated carbocycles. The van der Waals surface area contributed by atoms with Crippen LogP contribution in [0, 0.1) is 0 Å². The summed E-state index contributed by atoms with van der Waals surface area (Å²) in [5.74, 6) is -0.310. The van der Waals surface area contributed by atoms with Gasteiger partial charge in [0.1, 0.15) is 6.10 Å². The van der Waals surface area contributed by atoms with Crippen molar-refractivity contribution >= 4 is 21.9 Å². The maximum Gasteiger partial charge on any atom is 0.338 e. The van der Waals surface area contributed by atoms with Crippen LogP contribution < -0.4 is 0 Å². The number of hydrogen-bond donors (Lipinski definition) is 0. The molecule has 1 heterocycles. The number of epoxide rings is 1. The lowest BCUT2D eigenvalue weighted by Crippen LogP contribution is -2.09. The first-order valence-electron chi connectivity index (χ1n) is 4.21. The smallest absolute Gasteiger partial charge is 0.338 e. The van der Waals surface area contributed by atoms with Crippen molar-refractivity contribution in [1.29, 1.82) is 0 Å². The Hall–Kier alpha value is -0.870. The van der Waals surface area contributed by atoms with E-state index in [9.17, 15) is 4.79 Å². The van der Waals surface area contributed by atoms with Gasteiger partial charge in [-0.15, -0.1) is 0 Å². The van der Waals surface area contributed by atoms with Crippen LogP contribution in [-0.4, -0.2) is 19.2 Å². The molecule has 1 fully saturated rings. The number of hydrogen-bond acceptors (Lipinski definition) is 3. The van der Waals surface area contributed by atoms with Crippen molar-refractivity contribution in [1.82, 2.24) is 0 Å². The summed E-state index contributed by atoms with van der Waals surface area (Å²) < 4.78 is 10.8. The van der Waals surface area contributed by atoms with Gasteiger partial charge in [0.25, 0.3) is 0 Å². The summed E-state index contributed by atoms with van der Waals surface area (Å²) in [6, 6.07) is 7.71. The Labute approximate surface area is 90.1 Å². The van der Waals surface area contributed by atoms with Crippen LogP contribution in [0.15, 0.2) is 28.7 Å². The lowest BCUT2D eigenvalue weighted by Gasteiger charge is -1.96. The lowest BCUT2D eigenvalue weighted by molar-refractivity contribution is -0.142. The molecule has 0 spiro atoms. The molecule has 0 amide bonds. The highest BCUT2D eigenvalue weighted by Gasteiger charge is 2.47. The molecule has 1 aliphatic rings. The number of rotatable bonds is 2. The number of methoxy groups -OCH3 is 1. The van der Waals surface area contributed by atoms with Gasteiger partial charge in [0.2, 0.25) is 0 Å². The average Bonchev–Trinajstić information content (AvgIpc) is 2.96. The number of carbonyl (C=O) groups is 1. The summed E-state index contributed by atoms with van der Waals surface area (Å²) in [7, 11) is 1.36. The zero-order chi connectivity index (χ0) is 10.1. The van der Waals surface area contributed by atoms with Gasteiger partial charge in [0.15, 0.2) is 6.10 Å². The minimum Gasteiger partial charge on any atom is -0.467 e. The number of ether oxygens (including phenoxy) is 2. The Morgan fingerprint density at radius 2 is 2.36 bits per heavy atom.